The summed E-state index contributed by atoms with van der Waals surface area (Å²) in [6.45, 7) is 4.16. The predicted octanol–water partition coefficient (Wildman–Crippen LogP) is 2.81. The fraction of sp³-hybridized carbons (Fsp3) is 0.364. The number of halogens is 1. The van der Waals surface area contributed by atoms with Gasteiger partial charge in [-0.05, 0) is 11.5 Å². The second-order valence-electron chi connectivity index (χ2n) is 7.33. The third-order valence-electron chi connectivity index (χ3n) is 4.94. The molecule has 1 unspecified atom stereocenters. The lowest BCUT2D eigenvalue weighted by atomic mass is 9.94. The first kappa shape index (κ1) is 22.7. The summed E-state index contributed by atoms with van der Waals surface area (Å²) in [5.41, 5.74) is 8.83. The number of nitrogens with two attached hydrogens (primary N) is 1. The number of hydrogen-bond acceptors (Lipinski definition) is 4. The van der Waals surface area contributed by atoms with E-state index in [1.807, 2.05) is 62.4 Å². The van der Waals surface area contributed by atoms with Gasteiger partial charge in [0.15, 0.2) is 0 Å². The predicted molar refractivity (Wildman–Crippen MR) is 116 cm³/mol. The van der Waals surface area contributed by atoms with Crippen LogP contribution in [0.2, 0.25) is 0 Å². The van der Waals surface area contributed by atoms with Gasteiger partial charge in [0.1, 0.15) is 5.75 Å². The third-order valence-corrected chi connectivity index (χ3v) is 4.94. The number of carbonyl (C=O) groups is 2. The molecule has 0 spiro atoms. The highest BCUT2D eigenvalue weighted by atomic mass is 35.5. The first-order valence-corrected chi connectivity index (χ1v) is 9.61. The van der Waals surface area contributed by atoms with Crippen LogP contribution in [0.25, 0.3) is 11.1 Å². The number of ether oxygens (including phenoxy) is 1. The molecule has 1 heterocycles. The minimum absolute atomic E-state index is 0. The number of nitrogens with one attached hydrogen (secondary N) is 2. The maximum absolute atomic E-state index is 12.4. The number of hydrogen-bond donors (Lipinski definition) is 3. The zero-order chi connectivity index (χ0) is 20.1. The van der Waals surface area contributed by atoms with E-state index in [1.165, 1.54) is 0 Å². The molecule has 1 aliphatic rings. The fourth-order valence-electron chi connectivity index (χ4n) is 3.25. The van der Waals surface area contributed by atoms with Gasteiger partial charge in [-0.25, -0.2) is 0 Å². The van der Waals surface area contributed by atoms with Crippen molar-refractivity contribution in [3.05, 3.63) is 54.1 Å². The molecule has 2 amide bonds. The molecule has 2 aromatic rings. The van der Waals surface area contributed by atoms with Crippen LogP contribution in [0.3, 0.4) is 0 Å². The van der Waals surface area contributed by atoms with Gasteiger partial charge in [0.2, 0.25) is 11.8 Å². The summed E-state index contributed by atoms with van der Waals surface area (Å²) >= 11 is 0. The lowest BCUT2D eigenvalue weighted by Gasteiger charge is -2.28. The molecular weight excluding hydrogens is 390 g/mol. The van der Waals surface area contributed by atoms with E-state index < -0.39 is 6.04 Å². The Morgan fingerprint density at radius 1 is 1.14 bits per heavy atom. The van der Waals surface area contributed by atoms with Crippen molar-refractivity contribution in [2.75, 3.05) is 13.2 Å². The molecule has 2 atom stereocenters. The SMILES string of the molecule is CC(C)[C@H](N)C(=O)NCC(=O)NC1CCOc2c(-c3ccccc3)cccc21.Cl. The van der Waals surface area contributed by atoms with Crippen molar-refractivity contribution >= 4 is 24.2 Å². The van der Waals surface area contributed by atoms with Gasteiger partial charge >= 0.3 is 0 Å². The Bertz CT molecular complexity index is 842. The zero-order valence-electron chi connectivity index (χ0n) is 16.7. The summed E-state index contributed by atoms with van der Waals surface area (Å²) in [7, 11) is 0. The summed E-state index contributed by atoms with van der Waals surface area (Å²) in [6.07, 6.45) is 0.677. The number of benzene rings is 2. The van der Waals surface area contributed by atoms with Crippen LogP contribution in [0.1, 0.15) is 31.9 Å². The molecule has 4 N–H and O–H groups in total. The van der Waals surface area contributed by atoms with Crippen LogP contribution in [0.15, 0.2) is 48.5 Å². The normalized spacial score (nSPS) is 16.1. The summed E-state index contributed by atoms with van der Waals surface area (Å²) < 4.78 is 5.94. The van der Waals surface area contributed by atoms with Crippen molar-refractivity contribution < 1.29 is 14.3 Å². The Labute approximate surface area is 177 Å². The Morgan fingerprint density at radius 3 is 2.55 bits per heavy atom. The Hall–Kier alpha value is -2.57. The van der Waals surface area contributed by atoms with E-state index >= 15 is 0 Å². The fourth-order valence-corrected chi connectivity index (χ4v) is 3.25. The number of rotatable bonds is 6. The van der Waals surface area contributed by atoms with Gasteiger partial charge in [-0.1, -0.05) is 62.4 Å². The summed E-state index contributed by atoms with van der Waals surface area (Å²) in [6, 6.07) is 15.2. The van der Waals surface area contributed by atoms with E-state index in [0.717, 1.165) is 22.4 Å². The van der Waals surface area contributed by atoms with Crippen molar-refractivity contribution in [2.24, 2.45) is 11.7 Å². The molecule has 3 rings (SSSR count). The van der Waals surface area contributed by atoms with E-state index in [0.29, 0.717) is 13.0 Å². The van der Waals surface area contributed by atoms with Crippen LogP contribution < -0.4 is 21.1 Å². The number of carbonyl (C=O) groups excluding carboxylic acids is 2. The number of para-hydroxylation sites is 1. The summed E-state index contributed by atoms with van der Waals surface area (Å²) in [4.78, 5) is 24.3. The zero-order valence-corrected chi connectivity index (χ0v) is 17.5. The Kier molecular flexibility index (Phi) is 8.05. The van der Waals surface area contributed by atoms with Gasteiger partial charge in [0.05, 0.1) is 25.2 Å². The van der Waals surface area contributed by atoms with E-state index in [1.54, 1.807) is 0 Å². The molecule has 2 aromatic carbocycles. The largest absolute Gasteiger partial charge is 0.492 e. The van der Waals surface area contributed by atoms with Crippen LogP contribution in [0.5, 0.6) is 5.75 Å². The topological polar surface area (TPSA) is 93.5 Å². The van der Waals surface area contributed by atoms with E-state index in [2.05, 4.69) is 10.6 Å². The number of amides is 2. The minimum atomic E-state index is -0.620. The second-order valence-corrected chi connectivity index (χ2v) is 7.33. The first-order valence-electron chi connectivity index (χ1n) is 9.61. The van der Waals surface area contributed by atoms with Gasteiger partial charge in [-0.3, -0.25) is 9.59 Å². The Balaban J connectivity index is 0.00000300. The standard InChI is InChI=1S/C22H27N3O3.ClH/c1-14(2)20(23)22(27)24-13-19(26)25-18-11-12-28-21-16(9-6-10-17(18)21)15-7-4-3-5-8-15;/h3-10,14,18,20H,11-13,23H2,1-2H3,(H,24,27)(H,25,26);1H/t18?,20-;/m0./s1. The van der Waals surface area contributed by atoms with Crippen LogP contribution in [0, 0.1) is 5.92 Å². The minimum Gasteiger partial charge on any atom is -0.492 e. The van der Waals surface area contributed by atoms with Crippen molar-refractivity contribution in [2.45, 2.75) is 32.4 Å². The van der Waals surface area contributed by atoms with Crippen LogP contribution in [-0.4, -0.2) is 31.0 Å². The molecule has 156 valence electrons. The van der Waals surface area contributed by atoms with E-state index in [9.17, 15) is 9.59 Å². The highest BCUT2D eigenvalue weighted by Crippen LogP contribution is 2.39. The quantitative estimate of drug-likeness (QED) is 0.673. The highest BCUT2D eigenvalue weighted by Gasteiger charge is 2.26. The van der Waals surface area contributed by atoms with Crippen molar-refractivity contribution in [3.8, 4) is 16.9 Å². The lowest BCUT2D eigenvalue weighted by molar-refractivity contribution is -0.127. The monoisotopic (exact) mass is 417 g/mol. The molecule has 0 aliphatic carbocycles. The van der Waals surface area contributed by atoms with Crippen molar-refractivity contribution in [1.29, 1.82) is 0 Å². The highest BCUT2D eigenvalue weighted by molar-refractivity contribution is 5.87. The smallest absolute Gasteiger partial charge is 0.239 e. The molecule has 7 heteroatoms. The van der Waals surface area contributed by atoms with Crippen LogP contribution >= 0.6 is 12.4 Å². The molecule has 0 radical (unpaired) electrons. The average Bonchev–Trinajstić information content (AvgIpc) is 2.71. The summed E-state index contributed by atoms with van der Waals surface area (Å²) in [5, 5.41) is 5.61. The molecule has 29 heavy (non-hydrogen) atoms. The van der Waals surface area contributed by atoms with E-state index in [-0.39, 0.29) is 42.7 Å². The molecular formula is C22H28ClN3O3. The second kappa shape index (κ2) is 10.3. The molecule has 0 saturated heterocycles. The van der Waals surface area contributed by atoms with Crippen LogP contribution in [-0.2, 0) is 9.59 Å². The van der Waals surface area contributed by atoms with Crippen molar-refractivity contribution in [1.82, 2.24) is 10.6 Å². The molecule has 0 fully saturated rings. The first-order chi connectivity index (χ1) is 13.5. The van der Waals surface area contributed by atoms with Gasteiger partial charge in [0, 0.05) is 17.5 Å². The average molecular weight is 418 g/mol. The molecule has 0 aromatic heterocycles. The molecule has 1 aliphatic heterocycles. The lowest BCUT2D eigenvalue weighted by Crippen LogP contribution is -2.47. The number of fused-ring (bicyclic) bond motifs is 1. The van der Waals surface area contributed by atoms with Gasteiger partial charge in [-0.15, -0.1) is 12.4 Å². The van der Waals surface area contributed by atoms with Gasteiger partial charge in [-0.2, -0.15) is 0 Å². The molecule has 0 saturated carbocycles. The third kappa shape index (κ3) is 5.49. The molecule has 6 nitrogen and oxygen atoms in total. The maximum atomic E-state index is 12.4. The van der Waals surface area contributed by atoms with E-state index in [4.69, 9.17) is 10.5 Å². The van der Waals surface area contributed by atoms with Crippen molar-refractivity contribution in [3.63, 3.8) is 0 Å². The van der Waals surface area contributed by atoms with Crippen LogP contribution in [0.4, 0.5) is 0 Å². The van der Waals surface area contributed by atoms with Gasteiger partial charge < -0.3 is 21.1 Å². The Morgan fingerprint density at radius 2 is 1.86 bits per heavy atom. The molecule has 0 bridgehead atoms. The summed E-state index contributed by atoms with van der Waals surface area (Å²) in [5.74, 6) is 0.258. The van der Waals surface area contributed by atoms with Gasteiger partial charge in [0.25, 0.3) is 0 Å². The maximum Gasteiger partial charge on any atom is 0.239 e.